The van der Waals surface area contributed by atoms with Crippen LogP contribution >= 0.6 is 24.6 Å². The van der Waals surface area contributed by atoms with E-state index in [1.54, 1.807) is 0 Å². The number of unbranched alkanes of at least 4 members (excludes halogenated alkanes) is 1. The van der Waals surface area contributed by atoms with Crippen molar-refractivity contribution in [1.82, 2.24) is 4.57 Å². The van der Waals surface area contributed by atoms with Gasteiger partial charge < -0.3 is 9.30 Å². The predicted molar refractivity (Wildman–Crippen MR) is 108 cm³/mol. The van der Waals surface area contributed by atoms with Gasteiger partial charge in [0.1, 0.15) is 0 Å². The first-order valence-corrected chi connectivity index (χ1v) is 8.60. The Morgan fingerprint density at radius 3 is 2.58 bits per heavy atom. The molecule has 1 aromatic carbocycles. The number of rotatable bonds is 8. The summed E-state index contributed by atoms with van der Waals surface area (Å²) in [5.41, 5.74) is 3.51. The van der Waals surface area contributed by atoms with Crippen LogP contribution in [0.25, 0.3) is 11.1 Å². The molecule has 0 aliphatic heterocycles. The molecule has 0 fully saturated rings. The van der Waals surface area contributed by atoms with Crippen LogP contribution in [0, 0.1) is 4.51 Å². The van der Waals surface area contributed by atoms with Crippen LogP contribution in [0.3, 0.4) is 0 Å². The first-order valence-electron chi connectivity index (χ1n) is 8.19. The Kier molecular flexibility index (Phi) is 9.62. The summed E-state index contributed by atoms with van der Waals surface area (Å²) >= 11 is 5.70. The zero-order chi connectivity index (χ0) is 16.5. The topological polar surface area (TPSA) is 14.2 Å². The summed E-state index contributed by atoms with van der Waals surface area (Å²) in [6.07, 6.45) is 11.7. The van der Waals surface area contributed by atoms with Crippen LogP contribution in [0.15, 0.2) is 54.9 Å². The number of halogens is 1. The van der Waals surface area contributed by atoms with Crippen molar-refractivity contribution in [2.75, 3.05) is 13.2 Å². The van der Waals surface area contributed by atoms with Gasteiger partial charge in [-0.3, -0.25) is 0 Å². The van der Waals surface area contributed by atoms with Crippen molar-refractivity contribution in [3.8, 4) is 11.1 Å². The highest BCUT2D eigenvalue weighted by molar-refractivity contribution is 7.71. The van der Waals surface area contributed by atoms with Crippen LogP contribution in [-0.4, -0.2) is 17.8 Å². The molecule has 0 aliphatic rings. The molecular formula is C20H26ClNOS. The molecule has 0 atom stereocenters. The molecule has 4 heteroatoms. The molecule has 0 amide bonds. The number of allylic oxidation sites excluding steroid dienone is 2. The number of aromatic nitrogens is 1. The smallest absolute Gasteiger partial charge is 0.0519 e. The van der Waals surface area contributed by atoms with Gasteiger partial charge in [-0.05, 0) is 37.3 Å². The highest BCUT2D eigenvalue weighted by atomic mass is 35.5. The molecule has 1 heterocycles. The number of nitrogens with zero attached hydrogens (tertiary/aromatic N) is 1. The normalized spacial score (nSPS) is 10.8. The van der Waals surface area contributed by atoms with E-state index in [9.17, 15) is 0 Å². The monoisotopic (exact) mass is 363 g/mol. The molecule has 0 bridgehead atoms. The molecule has 2 rings (SSSR count). The number of ether oxygens (including phenoxy) is 1. The van der Waals surface area contributed by atoms with Gasteiger partial charge in [0, 0.05) is 38.2 Å². The Morgan fingerprint density at radius 2 is 1.88 bits per heavy atom. The maximum Gasteiger partial charge on any atom is 0.0519 e. The van der Waals surface area contributed by atoms with Gasteiger partial charge in [-0.25, -0.2) is 0 Å². The molecule has 130 valence electrons. The van der Waals surface area contributed by atoms with Crippen LogP contribution in [0.1, 0.15) is 25.3 Å². The molecule has 2 aromatic rings. The highest BCUT2D eigenvalue weighted by Gasteiger charge is 2.04. The average Bonchev–Trinajstić information content (AvgIpc) is 2.57. The standard InChI is InChI=1S/C20H25NOS.ClH/c1-3-22-14-10-5-4-7-13-18-15-21(2)16-19(20(18)23)17-11-8-6-9-12-17;/h4,6-9,11-12,15-16H,3,5,10,13-14H2,1-2H3;1H. The van der Waals surface area contributed by atoms with E-state index in [1.807, 2.05) is 13.0 Å². The lowest BCUT2D eigenvalue weighted by Gasteiger charge is -2.09. The summed E-state index contributed by atoms with van der Waals surface area (Å²) < 4.78 is 8.39. The summed E-state index contributed by atoms with van der Waals surface area (Å²) in [5.74, 6) is 0. The van der Waals surface area contributed by atoms with E-state index < -0.39 is 0 Å². The van der Waals surface area contributed by atoms with E-state index in [2.05, 4.69) is 60.4 Å². The Morgan fingerprint density at radius 1 is 1.12 bits per heavy atom. The number of pyridine rings is 1. The SMILES string of the molecule is CCOCCCC=CCc1cn(C)cc(-c2ccccc2)c1=S.Cl. The van der Waals surface area contributed by atoms with Gasteiger partial charge in [-0.2, -0.15) is 0 Å². The van der Waals surface area contributed by atoms with E-state index in [4.69, 9.17) is 17.0 Å². The highest BCUT2D eigenvalue weighted by Crippen LogP contribution is 2.22. The Hall–Kier alpha value is -1.42. The van der Waals surface area contributed by atoms with Crippen molar-refractivity contribution in [3.05, 3.63) is 65.0 Å². The third kappa shape index (κ3) is 6.23. The fraction of sp³-hybridized carbons (Fsp3) is 0.350. The molecule has 0 saturated heterocycles. The first-order chi connectivity index (χ1) is 11.2. The van der Waals surface area contributed by atoms with E-state index >= 15 is 0 Å². The maximum absolute atomic E-state index is 5.70. The molecule has 0 N–H and O–H groups in total. The van der Waals surface area contributed by atoms with E-state index in [1.165, 1.54) is 11.1 Å². The van der Waals surface area contributed by atoms with Crippen LogP contribution < -0.4 is 0 Å². The van der Waals surface area contributed by atoms with Crippen molar-refractivity contribution in [2.24, 2.45) is 7.05 Å². The van der Waals surface area contributed by atoms with E-state index in [0.29, 0.717) is 0 Å². The minimum absolute atomic E-state index is 0. The maximum atomic E-state index is 5.70. The van der Waals surface area contributed by atoms with Gasteiger partial charge in [0.2, 0.25) is 0 Å². The fourth-order valence-corrected chi connectivity index (χ4v) is 2.83. The summed E-state index contributed by atoms with van der Waals surface area (Å²) in [4.78, 5) is 0. The number of benzene rings is 1. The zero-order valence-corrected chi connectivity index (χ0v) is 16.0. The van der Waals surface area contributed by atoms with Gasteiger partial charge in [0.05, 0.1) is 4.51 Å². The quantitative estimate of drug-likeness (QED) is 0.336. The second-order valence-corrected chi connectivity index (χ2v) is 5.98. The molecule has 0 unspecified atom stereocenters. The predicted octanol–water partition coefficient (Wildman–Crippen LogP) is 5.76. The second kappa shape index (κ2) is 11.2. The van der Waals surface area contributed by atoms with E-state index in [-0.39, 0.29) is 12.4 Å². The van der Waals surface area contributed by atoms with Crippen molar-refractivity contribution >= 4 is 24.6 Å². The van der Waals surface area contributed by atoms with Crippen LogP contribution in [0.4, 0.5) is 0 Å². The number of hydrogen-bond acceptors (Lipinski definition) is 2. The Bertz CT molecular complexity index is 695. The summed E-state index contributed by atoms with van der Waals surface area (Å²) in [5, 5.41) is 0. The number of aryl methyl sites for hydroxylation is 1. The molecule has 1 aromatic heterocycles. The average molecular weight is 364 g/mol. The fourth-order valence-electron chi connectivity index (χ4n) is 2.52. The molecule has 0 saturated carbocycles. The summed E-state index contributed by atoms with van der Waals surface area (Å²) in [7, 11) is 2.05. The second-order valence-electron chi connectivity index (χ2n) is 5.57. The van der Waals surface area contributed by atoms with E-state index in [0.717, 1.165) is 42.5 Å². The van der Waals surface area contributed by atoms with Crippen molar-refractivity contribution < 1.29 is 4.74 Å². The molecule has 0 spiro atoms. The minimum Gasteiger partial charge on any atom is -0.382 e. The Balaban J connectivity index is 0.00000288. The minimum atomic E-state index is 0. The van der Waals surface area contributed by atoms with Gasteiger partial charge in [-0.1, -0.05) is 54.7 Å². The van der Waals surface area contributed by atoms with Crippen LogP contribution in [0.2, 0.25) is 0 Å². The third-order valence-corrected chi connectivity index (χ3v) is 4.16. The molecule has 0 radical (unpaired) electrons. The third-order valence-electron chi connectivity index (χ3n) is 3.68. The lowest BCUT2D eigenvalue weighted by atomic mass is 10.0. The zero-order valence-electron chi connectivity index (χ0n) is 14.4. The molecule has 2 nitrogen and oxygen atoms in total. The van der Waals surface area contributed by atoms with Gasteiger partial charge in [-0.15, -0.1) is 12.4 Å². The lowest BCUT2D eigenvalue weighted by molar-refractivity contribution is 0.145. The molecule has 0 aliphatic carbocycles. The first kappa shape index (κ1) is 20.6. The molecular weight excluding hydrogens is 338 g/mol. The van der Waals surface area contributed by atoms with Crippen LogP contribution in [-0.2, 0) is 18.2 Å². The van der Waals surface area contributed by atoms with Crippen molar-refractivity contribution in [2.45, 2.75) is 26.2 Å². The van der Waals surface area contributed by atoms with Crippen molar-refractivity contribution in [1.29, 1.82) is 0 Å². The number of hydrogen-bond donors (Lipinski definition) is 0. The Labute approximate surface area is 156 Å². The largest absolute Gasteiger partial charge is 0.382 e. The van der Waals surface area contributed by atoms with Gasteiger partial charge in [0.15, 0.2) is 0 Å². The van der Waals surface area contributed by atoms with Gasteiger partial charge >= 0.3 is 0 Å². The van der Waals surface area contributed by atoms with Crippen LogP contribution in [0.5, 0.6) is 0 Å². The van der Waals surface area contributed by atoms with Gasteiger partial charge in [0.25, 0.3) is 0 Å². The summed E-state index contributed by atoms with van der Waals surface area (Å²) in [6.45, 7) is 3.66. The summed E-state index contributed by atoms with van der Waals surface area (Å²) in [6, 6.07) is 10.3. The van der Waals surface area contributed by atoms with Crippen molar-refractivity contribution in [3.63, 3.8) is 0 Å². The molecule has 24 heavy (non-hydrogen) atoms. The lowest BCUT2D eigenvalue weighted by Crippen LogP contribution is -1.97.